The summed E-state index contributed by atoms with van der Waals surface area (Å²) in [6.45, 7) is 8.94. The molecule has 6 heteroatoms. The number of carbonyl (C=O) groups excluding carboxylic acids is 1. The number of rotatable bonds is 6. The van der Waals surface area contributed by atoms with Crippen LogP contribution in [-0.2, 0) is 6.42 Å². The minimum atomic E-state index is -0.423. The van der Waals surface area contributed by atoms with E-state index >= 15 is 0 Å². The molecule has 0 radical (unpaired) electrons. The highest BCUT2D eigenvalue weighted by Gasteiger charge is 2.28. The third-order valence-corrected chi connectivity index (χ3v) is 8.37. The molecule has 2 N–H and O–H groups in total. The Kier molecular flexibility index (Phi) is 7.35. The lowest BCUT2D eigenvalue weighted by molar-refractivity contribution is 0.174. The van der Waals surface area contributed by atoms with Crippen LogP contribution in [0.15, 0.2) is 48.5 Å². The fourth-order valence-corrected chi connectivity index (χ4v) is 6.15. The van der Waals surface area contributed by atoms with Gasteiger partial charge in [0.05, 0.1) is 5.69 Å². The van der Waals surface area contributed by atoms with Crippen molar-refractivity contribution in [3.05, 3.63) is 65.2 Å². The van der Waals surface area contributed by atoms with Gasteiger partial charge in [0.15, 0.2) is 0 Å². The molecule has 2 aromatic carbocycles. The molecule has 0 unspecified atom stereocenters. The lowest BCUT2D eigenvalue weighted by Gasteiger charge is -2.38. The van der Waals surface area contributed by atoms with E-state index in [2.05, 4.69) is 71.1 Å². The van der Waals surface area contributed by atoms with Gasteiger partial charge in [-0.3, -0.25) is 4.90 Å². The van der Waals surface area contributed by atoms with E-state index < -0.39 is 6.03 Å². The zero-order valence-corrected chi connectivity index (χ0v) is 22.1. The standard InChI is InChI=1S/C30H41N5O/c1-22(2)33-17-19-34(20-18-33)26-13-9-23(10-14-26)28-16-12-24-11-15-27(21-29(24)28)35(30(31)36)32(3)25-7-5-4-6-8-25/h9-11,13-16,21-22,25H,4-8,12,17-20H2,1-3H3,(H2,31,36). The van der Waals surface area contributed by atoms with Crippen LogP contribution in [0.2, 0.25) is 0 Å². The van der Waals surface area contributed by atoms with Crippen LogP contribution in [0.1, 0.15) is 62.6 Å². The predicted octanol–water partition coefficient (Wildman–Crippen LogP) is 5.27. The van der Waals surface area contributed by atoms with Crippen molar-refractivity contribution in [2.75, 3.05) is 43.1 Å². The van der Waals surface area contributed by atoms with Crippen molar-refractivity contribution in [3.63, 3.8) is 0 Å². The average Bonchev–Trinajstić information content (AvgIpc) is 3.32. The zero-order valence-electron chi connectivity index (χ0n) is 22.1. The molecule has 2 aromatic rings. The fraction of sp³-hybridized carbons (Fsp3) is 0.500. The first-order valence-electron chi connectivity index (χ1n) is 13.7. The molecule has 3 aliphatic rings. The number of allylic oxidation sites excluding steroid dienone is 1. The summed E-state index contributed by atoms with van der Waals surface area (Å²) >= 11 is 0. The second kappa shape index (κ2) is 10.7. The third-order valence-electron chi connectivity index (χ3n) is 8.37. The predicted molar refractivity (Wildman–Crippen MR) is 149 cm³/mol. The first kappa shape index (κ1) is 24.8. The Hall–Kier alpha value is -2.83. The molecule has 1 saturated heterocycles. The van der Waals surface area contributed by atoms with Crippen LogP contribution < -0.4 is 15.6 Å². The molecule has 0 spiro atoms. The Morgan fingerprint density at radius 2 is 1.67 bits per heavy atom. The molecule has 0 atom stereocenters. The number of nitrogens with two attached hydrogens (primary N) is 1. The smallest absolute Gasteiger partial charge is 0.334 e. The monoisotopic (exact) mass is 487 g/mol. The number of hydrogen-bond acceptors (Lipinski definition) is 4. The minimum absolute atomic E-state index is 0.351. The van der Waals surface area contributed by atoms with Gasteiger partial charge in [0, 0.05) is 51.0 Å². The number of amides is 2. The minimum Gasteiger partial charge on any atom is -0.369 e. The van der Waals surface area contributed by atoms with Gasteiger partial charge in [0.2, 0.25) is 0 Å². The molecule has 0 bridgehead atoms. The van der Waals surface area contributed by atoms with Crippen LogP contribution >= 0.6 is 0 Å². The van der Waals surface area contributed by atoms with Crippen molar-refractivity contribution in [2.24, 2.45) is 5.73 Å². The molecule has 36 heavy (non-hydrogen) atoms. The summed E-state index contributed by atoms with van der Waals surface area (Å²) < 4.78 is 0. The maximum absolute atomic E-state index is 12.6. The normalized spacial score (nSPS) is 19.0. The molecule has 6 nitrogen and oxygen atoms in total. The number of hydrazine groups is 1. The second-order valence-corrected chi connectivity index (χ2v) is 10.8. The van der Waals surface area contributed by atoms with E-state index in [9.17, 15) is 4.79 Å². The van der Waals surface area contributed by atoms with Crippen LogP contribution in [0.25, 0.3) is 5.57 Å². The highest BCUT2D eigenvalue weighted by molar-refractivity contribution is 5.92. The summed E-state index contributed by atoms with van der Waals surface area (Å²) in [6, 6.07) is 15.9. The molecule has 1 saturated carbocycles. The van der Waals surface area contributed by atoms with E-state index in [-0.39, 0.29) is 0 Å². The number of carbonyl (C=O) groups is 1. The van der Waals surface area contributed by atoms with E-state index in [4.69, 9.17) is 5.73 Å². The highest BCUT2D eigenvalue weighted by Crippen LogP contribution is 2.37. The summed E-state index contributed by atoms with van der Waals surface area (Å²) in [5.74, 6) is 0. The lowest BCUT2D eigenvalue weighted by atomic mass is 9.95. The summed E-state index contributed by atoms with van der Waals surface area (Å²) in [5.41, 5.74) is 13.0. The largest absolute Gasteiger partial charge is 0.369 e. The van der Waals surface area contributed by atoms with Gasteiger partial charge in [0.1, 0.15) is 0 Å². The van der Waals surface area contributed by atoms with Gasteiger partial charge in [-0.05, 0) is 79.6 Å². The van der Waals surface area contributed by atoms with E-state index in [0.717, 1.165) is 51.1 Å². The first-order valence-corrected chi connectivity index (χ1v) is 13.7. The molecule has 5 rings (SSSR count). The number of hydrogen-bond donors (Lipinski definition) is 1. The van der Waals surface area contributed by atoms with Gasteiger partial charge in [-0.25, -0.2) is 14.8 Å². The Bertz CT molecular complexity index is 1090. The Morgan fingerprint density at radius 1 is 0.972 bits per heavy atom. The second-order valence-electron chi connectivity index (χ2n) is 10.8. The maximum atomic E-state index is 12.6. The zero-order chi connectivity index (χ0) is 25.2. The first-order chi connectivity index (χ1) is 17.4. The van der Waals surface area contributed by atoms with Crippen molar-refractivity contribution in [3.8, 4) is 0 Å². The number of benzene rings is 2. The van der Waals surface area contributed by atoms with Gasteiger partial charge in [-0.2, -0.15) is 0 Å². The molecular formula is C30H41N5O. The topological polar surface area (TPSA) is 56.1 Å². The quantitative estimate of drug-likeness (QED) is 0.564. The number of fused-ring (bicyclic) bond motifs is 1. The molecule has 0 aromatic heterocycles. The van der Waals surface area contributed by atoms with Crippen molar-refractivity contribution >= 4 is 23.0 Å². The van der Waals surface area contributed by atoms with Gasteiger partial charge >= 0.3 is 6.03 Å². The Labute approximate surface area is 216 Å². The van der Waals surface area contributed by atoms with Crippen molar-refractivity contribution < 1.29 is 4.79 Å². The molecule has 1 aliphatic heterocycles. The summed E-state index contributed by atoms with van der Waals surface area (Å²) in [7, 11) is 2.00. The lowest BCUT2D eigenvalue weighted by Crippen LogP contribution is -2.52. The van der Waals surface area contributed by atoms with Crippen LogP contribution in [0.5, 0.6) is 0 Å². The number of nitrogens with zero attached hydrogens (tertiary/aromatic N) is 4. The van der Waals surface area contributed by atoms with Crippen molar-refractivity contribution in [1.29, 1.82) is 0 Å². The molecule has 1 heterocycles. The van der Waals surface area contributed by atoms with Gasteiger partial charge in [-0.15, -0.1) is 0 Å². The van der Waals surface area contributed by atoms with Crippen LogP contribution in [0.3, 0.4) is 0 Å². The van der Waals surface area contributed by atoms with E-state index in [1.807, 2.05) is 13.1 Å². The third kappa shape index (κ3) is 5.02. The van der Waals surface area contributed by atoms with E-state index in [1.54, 1.807) is 5.01 Å². The SMILES string of the molecule is CC(C)N1CCN(c2ccc(C3=CCc4ccc(N(C(N)=O)N(C)C5CCCCC5)cc43)cc2)CC1. The van der Waals surface area contributed by atoms with E-state index in [0.29, 0.717) is 12.1 Å². The van der Waals surface area contributed by atoms with Crippen LogP contribution in [-0.4, -0.2) is 61.3 Å². The maximum Gasteiger partial charge on any atom is 0.334 e. The van der Waals surface area contributed by atoms with Crippen molar-refractivity contribution in [1.82, 2.24) is 9.91 Å². The van der Waals surface area contributed by atoms with Crippen molar-refractivity contribution in [2.45, 2.75) is 64.5 Å². The fourth-order valence-electron chi connectivity index (χ4n) is 6.15. The number of piperazine rings is 1. The van der Waals surface area contributed by atoms with Gasteiger partial charge < -0.3 is 10.6 Å². The van der Waals surface area contributed by atoms with Gasteiger partial charge in [0.25, 0.3) is 0 Å². The van der Waals surface area contributed by atoms with E-state index in [1.165, 1.54) is 47.2 Å². The average molecular weight is 488 g/mol. The highest BCUT2D eigenvalue weighted by atomic mass is 16.2. The molecule has 2 fully saturated rings. The summed E-state index contributed by atoms with van der Waals surface area (Å²) in [5, 5.41) is 3.74. The summed E-state index contributed by atoms with van der Waals surface area (Å²) in [4.78, 5) is 17.6. The number of primary amides is 1. The molecule has 2 aliphatic carbocycles. The number of anilines is 2. The Balaban J connectivity index is 1.34. The molecular weight excluding hydrogens is 446 g/mol. The van der Waals surface area contributed by atoms with Crippen LogP contribution in [0.4, 0.5) is 16.2 Å². The molecule has 192 valence electrons. The number of urea groups is 1. The molecule has 2 amide bonds. The Morgan fingerprint density at radius 3 is 2.31 bits per heavy atom. The van der Waals surface area contributed by atoms with Crippen LogP contribution in [0, 0.1) is 0 Å². The van der Waals surface area contributed by atoms with Gasteiger partial charge in [-0.1, -0.05) is 43.5 Å². The summed E-state index contributed by atoms with van der Waals surface area (Å²) in [6.07, 6.45) is 9.14.